The van der Waals surface area contributed by atoms with Gasteiger partial charge in [-0.2, -0.15) is 4.98 Å². The average Bonchev–Trinajstić information content (AvgIpc) is 3.16. The number of nitrogens with two attached hydrogens (primary N) is 1. The lowest BCUT2D eigenvalue weighted by Crippen LogP contribution is -2.32. The molecule has 0 saturated heterocycles. The molecule has 1 heterocycles. The molecule has 1 aromatic carbocycles. The molecular weight excluding hydrogens is 290 g/mol. The van der Waals surface area contributed by atoms with Gasteiger partial charge < -0.3 is 15.0 Å². The Morgan fingerprint density at radius 1 is 1.38 bits per heavy atom. The zero-order valence-corrected chi connectivity index (χ0v) is 12.7. The second-order valence-corrected chi connectivity index (χ2v) is 5.90. The SMILES string of the molecule is COc1cc(Cl)ccc1-c1noc(C2(CN)CCCC2)n1. The van der Waals surface area contributed by atoms with Crippen molar-refractivity contribution in [2.24, 2.45) is 5.73 Å². The Kier molecular flexibility index (Phi) is 3.87. The summed E-state index contributed by atoms with van der Waals surface area (Å²) in [5, 5.41) is 4.70. The van der Waals surface area contributed by atoms with Crippen LogP contribution in [0, 0.1) is 0 Å². The Morgan fingerprint density at radius 3 is 2.81 bits per heavy atom. The van der Waals surface area contributed by atoms with E-state index in [9.17, 15) is 0 Å². The Hall–Kier alpha value is -1.59. The van der Waals surface area contributed by atoms with E-state index < -0.39 is 0 Å². The van der Waals surface area contributed by atoms with Crippen molar-refractivity contribution < 1.29 is 9.26 Å². The van der Waals surface area contributed by atoms with Gasteiger partial charge in [0.2, 0.25) is 11.7 Å². The second kappa shape index (κ2) is 5.66. The maximum Gasteiger partial charge on any atom is 0.234 e. The molecule has 3 rings (SSSR count). The van der Waals surface area contributed by atoms with Crippen LogP contribution in [0.5, 0.6) is 5.75 Å². The van der Waals surface area contributed by atoms with Crippen molar-refractivity contribution in [2.45, 2.75) is 31.1 Å². The third kappa shape index (κ3) is 2.51. The van der Waals surface area contributed by atoms with E-state index in [0.29, 0.717) is 29.0 Å². The molecule has 112 valence electrons. The molecule has 0 aliphatic heterocycles. The van der Waals surface area contributed by atoms with Gasteiger partial charge in [-0.1, -0.05) is 29.6 Å². The van der Waals surface area contributed by atoms with E-state index in [1.54, 1.807) is 19.2 Å². The molecule has 1 saturated carbocycles. The first kappa shape index (κ1) is 14.4. The quantitative estimate of drug-likeness (QED) is 0.939. The maximum absolute atomic E-state index is 5.98. The molecule has 0 amide bonds. The summed E-state index contributed by atoms with van der Waals surface area (Å²) in [6, 6.07) is 5.35. The van der Waals surface area contributed by atoms with Crippen LogP contribution < -0.4 is 10.5 Å². The van der Waals surface area contributed by atoms with Crippen LogP contribution in [0.25, 0.3) is 11.4 Å². The summed E-state index contributed by atoms with van der Waals surface area (Å²) in [6.45, 7) is 0.534. The fraction of sp³-hybridized carbons (Fsp3) is 0.467. The normalized spacial score (nSPS) is 17.1. The van der Waals surface area contributed by atoms with Gasteiger partial charge in [0.15, 0.2) is 0 Å². The summed E-state index contributed by atoms with van der Waals surface area (Å²) in [6.07, 6.45) is 4.31. The average molecular weight is 308 g/mol. The van der Waals surface area contributed by atoms with Gasteiger partial charge in [0.1, 0.15) is 5.75 Å². The zero-order valence-electron chi connectivity index (χ0n) is 11.9. The second-order valence-electron chi connectivity index (χ2n) is 5.46. The summed E-state index contributed by atoms with van der Waals surface area (Å²) in [7, 11) is 1.59. The molecule has 6 heteroatoms. The summed E-state index contributed by atoms with van der Waals surface area (Å²) in [4.78, 5) is 4.56. The van der Waals surface area contributed by atoms with E-state index in [4.69, 9.17) is 26.6 Å². The van der Waals surface area contributed by atoms with Crippen LogP contribution in [-0.2, 0) is 5.41 Å². The van der Waals surface area contributed by atoms with Crippen LogP contribution in [0.15, 0.2) is 22.7 Å². The molecule has 0 radical (unpaired) electrons. The number of aromatic nitrogens is 2. The van der Waals surface area contributed by atoms with E-state index in [1.807, 2.05) is 6.07 Å². The number of ether oxygens (including phenoxy) is 1. The van der Waals surface area contributed by atoms with Crippen LogP contribution in [0.1, 0.15) is 31.6 Å². The Labute approximate surface area is 128 Å². The smallest absolute Gasteiger partial charge is 0.234 e. The third-order valence-corrected chi connectivity index (χ3v) is 4.47. The number of hydrogen-bond acceptors (Lipinski definition) is 5. The van der Waals surface area contributed by atoms with Crippen LogP contribution in [0.2, 0.25) is 5.02 Å². The minimum atomic E-state index is -0.162. The number of nitrogens with zero attached hydrogens (tertiary/aromatic N) is 2. The molecule has 1 fully saturated rings. The predicted molar refractivity (Wildman–Crippen MR) is 80.5 cm³/mol. The molecule has 0 atom stereocenters. The first-order valence-corrected chi connectivity index (χ1v) is 7.44. The van der Waals surface area contributed by atoms with Crippen molar-refractivity contribution in [3.05, 3.63) is 29.1 Å². The van der Waals surface area contributed by atoms with Gasteiger partial charge in [0, 0.05) is 11.6 Å². The lowest BCUT2D eigenvalue weighted by molar-refractivity contribution is 0.284. The Morgan fingerprint density at radius 2 is 2.14 bits per heavy atom. The molecule has 0 unspecified atom stereocenters. The number of methoxy groups -OCH3 is 1. The number of benzene rings is 1. The summed E-state index contributed by atoms with van der Waals surface area (Å²) >= 11 is 5.98. The topological polar surface area (TPSA) is 74.2 Å². The molecule has 1 aliphatic carbocycles. The highest BCUT2D eigenvalue weighted by molar-refractivity contribution is 6.30. The third-order valence-electron chi connectivity index (χ3n) is 4.24. The largest absolute Gasteiger partial charge is 0.496 e. The Bertz CT molecular complexity index is 636. The molecule has 5 nitrogen and oxygen atoms in total. The van der Waals surface area contributed by atoms with Crippen molar-refractivity contribution >= 4 is 11.6 Å². The van der Waals surface area contributed by atoms with Gasteiger partial charge in [-0.3, -0.25) is 0 Å². The molecule has 2 aromatic rings. The molecular formula is C15H18ClN3O2. The maximum atomic E-state index is 5.98. The van der Waals surface area contributed by atoms with Crippen LogP contribution in [-0.4, -0.2) is 23.8 Å². The molecule has 1 aromatic heterocycles. The van der Waals surface area contributed by atoms with Crippen LogP contribution in [0.3, 0.4) is 0 Å². The zero-order chi connectivity index (χ0) is 14.9. The van der Waals surface area contributed by atoms with E-state index in [1.165, 1.54) is 0 Å². The van der Waals surface area contributed by atoms with Crippen molar-refractivity contribution in [1.29, 1.82) is 0 Å². The minimum Gasteiger partial charge on any atom is -0.496 e. The standard InChI is InChI=1S/C15H18ClN3O2/c1-20-12-8-10(16)4-5-11(12)13-18-14(21-19-13)15(9-17)6-2-3-7-15/h4-5,8H,2-3,6-7,9,17H2,1H3. The fourth-order valence-corrected chi connectivity index (χ4v) is 3.12. The molecule has 2 N–H and O–H groups in total. The Balaban J connectivity index is 1.99. The molecule has 21 heavy (non-hydrogen) atoms. The van der Waals surface area contributed by atoms with Crippen LogP contribution >= 0.6 is 11.6 Å². The minimum absolute atomic E-state index is 0.162. The number of hydrogen-bond donors (Lipinski definition) is 1. The van der Waals surface area contributed by atoms with Gasteiger partial charge >= 0.3 is 0 Å². The lowest BCUT2D eigenvalue weighted by Gasteiger charge is -2.21. The van der Waals surface area contributed by atoms with Crippen LogP contribution in [0.4, 0.5) is 0 Å². The van der Waals surface area contributed by atoms with E-state index in [-0.39, 0.29) is 5.41 Å². The molecule has 0 spiro atoms. The van der Waals surface area contributed by atoms with Gasteiger partial charge in [0.05, 0.1) is 18.1 Å². The fourth-order valence-electron chi connectivity index (χ4n) is 2.96. The van der Waals surface area contributed by atoms with E-state index >= 15 is 0 Å². The first-order valence-electron chi connectivity index (χ1n) is 7.07. The first-order chi connectivity index (χ1) is 10.2. The van der Waals surface area contributed by atoms with Gasteiger partial charge in [-0.15, -0.1) is 0 Å². The molecule has 0 bridgehead atoms. The lowest BCUT2D eigenvalue weighted by atomic mass is 9.86. The van der Waals surface area contributed by atoms with E-state index in [2.05, 4.69) is 10.1 Å². The summed E-state index contributed by atoms with van der Waals surface area (Å²) in [5.74, 6) is 1.77. The van der Waals surface area contributed by atoms with Crippen molar-refractivity contribution in [2.75, 3.05) is 13.7 Å². The highest BCUT2D eigenvalue weighted by atomic mass is 35.5. The van der Waals surface area contributed by atoms with Crippen molar-refractivity contribution in [3.63, 3.8) is 0 Å². The van der Waals surface area contributed by atoms with Crippen molar-refractivity contribution in [1.82, 2.24) is 10.1 Å². The van der Waals surface area contributed by atoms with Gasteiger partial charge in [-0.25, -0.2) is 0 Å². The highest BCUT2D eigenvalue weighted by Crippen LogP contribution is 2.40. The molecule has 1 aliphatic rings. The number of halogens is 1. The monoisotopic (exact) mass is 307 g/mol. The van der Waals surface area contributed by atoms with E-state index in [0.717, 1.165) is 31.2 Å². The predicted octanol–water partition coefficient (Wildman–Crippen LogP) is 3.17. The van der Waals surface area contributed by atoms with Gasteiger partial charge in [-0.05, 0) is 31.0 Å². The summed E-state index contributed by atoms with van der Waals surface area (Å²) < 4.78 is 10.8. The number of rotatable bonds is 4. The summed E-state index contributed by atoms with van der Waals surface area (Å²) in [5.41, 5.74) is 6.56. The van der Waals surface area contributed by atoms with Crippen molar-refractivity contribution in [3.8, 4) is 17.1 Å². The highest BCUT2D eigenvalue weighted by Gasteiger charge is 2.39. The van der Waals surface area contributed by atoms with Gasteiger partial charge in [0.25, 0.3) is 0 Å².